The molecule has 3 rings (SSSR count). The topological polar surface area (TPSA) is 49.0 Å². The van der Waals surface area contributed by atoms with Gasteiger partial charge in [-0.3, -0.25) is 9.78 Å². The number of nitrogens with zero attached hydrogens (tertiary/aromatic N) is 2. The molecule has 3 aromatic rings. The van der Waals surface area contributed by atoms with Crippen molar-refractivity contribution < 1.29 is 4.79 Å². The van der Waals surface area contributed by atoms with Crippen molar-refractivity contribution in [2.75, 3.05) is 7.05 Å². The van der Waals surface area contributed by atoms with E-state index < -0.39 is 0 Å². The molecule has 5 heteroatoms. The fourth-order valence-electron chi connectivity index (χ4n) is 2.32. The van der Waals surface area contributed by atoms with Crippen LogP contribution in [0.3, 0.4) is 0 Å². The van der Waals surface area contributed by atoms with E-state index in [-0.39, 0.29) is 5.91 Å². The summed E-state index contributed by atoms with van der Waals surface area (Å²) in [5, 5.41) is 0.912. The molecule has 0 radical (unpaired) electrons. The molecule has 0 spiro atoms. The highest BCUT2D eigenvalue weighted by Gasteiger charge is 2.18. The summed E-state index contributed by atoms with van der Waals surface area (Å²) in [5.74, 6) is -0.0289. The van der Waals surface area contributed by atoms with Crippen LogP contribution in [0.5, 0.6) is 0 Å². The minimum absolute atomic E-state index is 0.0289. The Balaban J connectivity index is 1.90. The van der Waals surface area contributed by atoms with E-state index in [1.807, 2.05) is 36.4 Å². The van der Waals surface area contributed by atoms with E-state index in [9.17, 15) is 4.79 Å². The summed E-state index contributed by atoms with van der Waals surface area (Å²) in [6, 6.07) is 11.5. The van der Waals surface area contributed by atoms with E-state index in [4.69, 9.17) is 0 Å². The molecule has 0 aliphatic carbocycles. The number of aromatic amines is 1. The van der Waals surface area contributed by atoms with E-state index >= 15 is 0 Å². The Morgan fingerprint density at radius 2 is 2.14 bits per heavy atom. The lowest BCUT2D eigenvalue weighted by molar-refractivity contribution is 0.0785. The van der Waals surface area contributed by atoms with Crippen molar-refractivity contribution in [3.8, 4) is 0 Å². The van der Waals surface area contributed by atoms with E-state index in [1.54, 1.807) is 24.3 Å². The molecular weight excluding hydrogens is 330 g/mol. The maximum absolute atomic E-state index is 12.6. The summed E-state index contributed by atoms with van der Waals surface area (Å²) in [6.07, 6.45) is 3.49. The molecule has 4 nitrogen and oxygen atoms in total. The minimum atomic E-state index is -0.0289. The Hall–Kier alpha value is -2.14. The molecule has 1 amide bonds. The standard InChI is InChI=1S/C16H14BrN3O/c1-20(10-11-5-2-3-8-18-11)16(21)12-9-19-14-7-4-6-13(17)15(12)14/h2-9,19H,10H2,1H3. The summed E-state index contributed by atoms with van der Waals surface area (Å²) in [7, 11) is 1.78. The number of H-pyrrole nitrogens is 1. The van der Waals surface area contributed by atoms with Crippen LogP contribution < -0.4 is 0 Å². The Morgan fingerprint density at radius 3 is 2.90 bits per heavy atom. The number of rotatable bonds is 3. The highest BCUT2D eigenvalue weighted by atomic mass is 79.9. The van der Waals surface area contributed by atoms with E-state index in [0.717, 1.165) is 21.1 Å². The number of hydrogen-bond acceptors (Lipinski definition) is 2. The van der Waals surface area contributed by atoms with Crippen molar-refractivity contribution in [1.29, 1.82) is 0 Å². The zero-order chi connectivity index (χ0) is 14.8. The lowest BCUT2D eigenvalue weighted by atomic mass is 10.1. The highest BCUT2D eigenvalue weighted by Crippen LogP contribution is 2.27. The van der Waals surface area contributed by atoms with Crippen LogP contribution in [-0.4, -0.2) is 27.8 Å². The van der Waals surface area contributed by atoms with E-state index in [0.29, 0.717) is 12.1 Å². The van der Waals surface area contributed by atoms with Crippen LogP contribution in [0.15, 0.2) is 53.3 Å². The molecule has 0 bridgehead atoms. The van der Waals surface area contributed by atoms with Gasteiger partial charge in [-0.15, -0.1) is 0 Å². The van der Waals surface area contributed by atoms with Crippen LogP contribution in [0.1, 0.15) is 16.1 Å². The van der Waals surface area contributed by atoms with Crippen LogP contribution in [0.4, 0.5) is 0 Å². The van der Waals surface area contributed by atoms with Gasteiger partial charge >= 0.3 is 0 Å². The van der Waals surface area contributed by atoms with Gasteiger partial charge in [0.2, 0.25) is 0 Å². The summed E-state index contributed by atoms with van der Waals surface area (Å²) >= 11 is 3.51. The molecule has 0 saturated heterocycles. The third kappa shape index (κ3) is 2.69. The second kappa shape index (κ2) is 5.69. The quantitative estimate of drug-likeness (QED) is 0.789. The second-order valence-electron chi connectivity index (χ2n) is 4.85. The molecule has 106 valence electrons. The number of amides is 1. The number of fused-ring (bicyclic) bond motifs is 1. The highest BCUT2D eigenvalue weighted by molar-refractivity contribution is 9.10. The molecule has 0 fully saturated rings. The van der Waals surface area contributed by atoms with Crippen LogP contribution >= 0.6 is 15.9 Å². The van der Waals surface area contributed by atoms with Crippen LogP contribution in [0.25, 0.3) is 10.9 Å². The van der Waals surface area contributed by atoms with Gasteiger partial charge in [-0.2, -0.15) is 0 Å². The van der Waals surface area contributed by atoms with Gasteiger partial charge in [0.25, 0.3) is 5.91 Å². The number of carbonyl (C=O) groups excluding carboxylic acids is 1. The Morgan fingerprint density at radius 1 is 1.29 bits per heavy atom. The van der Waals surface area contributed by atoms with E-state index in [2.05, 4.69) is 25.9 Å². The minimum Gasteiger partial charge on any atom is -0.360 e. The summed E-state index contributed by atoms with van der Waals surface area (Å²) < 4.78 is 0.913. The third-order valence-corrected chi connectivity index (χ3v) is 4.02. The lowest BCUT2D eigenvalue weighted by Gasteiger charge is -2.16. The van der Waals surface area contributed by atoms with Crippen molar-refractivity contribution >= 4 is 32.7 Å². The van der Waals surface area contributed by atoms with Crippen molar-refractivity contribution in [3.63, 3.8) is 0 Å². The Bertz CT molecular complexity index is 783. The van der Waals surface area contributed by atoms with Gasteiger partial charge in [-0.1, -0.05) is 28.1 Å². The third-order valence-electron chi connectivity index (χ3n) is 3.36. The Kier molecular flexibility index (Phi) is 3.75. The first-order valence-corrected chi connectivity index (χ1v) is 7.37. The fraction of sp³-hybridized carbons (Fsp3) is 0.125. The van der Waals surface area contributed by atoms with Gasteiger partial charge in [-0.25, -0.2) is 0 Å². The number of hydrogen-bond donors (Lipinski definition) is 1. The van der Waals surface area contributed by atoms with Crippen molar-refractivity contribution in [2.45, 2.75) is 6.54 Å². The van der Waals surface area contributed by atoms with Crippen molar-refractivity contribution in [2.24, 2.45) is 0 Å². The zero-order valence-electron chi connectivity index (χ0n) is 11.5. The van der Waals surface area contributed by atoms with Gasteiger partial charge in [0, 0.05) is 34.8 Å². The second-order valence-corrected chi connectivity index (χ2v) is 5.70. The monoisotopic (exact) mass is 343 g/mol. The first-order chi connectivity index (χ1) is 10.2. The fourth-order valence-corrected chi connectivity index (χ4v) is 2.90. The van der Waals surface area contributed by atoms with Crippen molar-refractivity contribution in [1.82, 2.24) is 14.9 Å². The Labute approximate surface area is 130 Å². The van der Waals surface area contributed by atoms with Gasteiger partial charge in [-0.05, 0) is 24.3 Å². The molecule has 2 heterocycles. The molecule has 0 unspecified atom stereocenters. The molecule has 0 saturated carbocycles. The van der Waals surface area contributed by atoms with Gasteiger partial charge < -0.3 is 9.88 Å². The first kappa shape index (κ1) is 13.8. The number of pyridine rings is 1. The summed E-state index contributed by atoms with van der Waals surface area (Å²) in [4.78, 5) is 21.7. The molecule has 1 N–H and O–H groups in total. The SMILES string of the molecule is CN(Cc1ccccn1)C(=O)c1c[nH]c2cccc(Br)c12. The molecule has 21 heavy (non-hydrogen) atoms. The maximum atomic E-state index is 12.6. The predicted molar refractivity (Wildman–Crippen MR) is 86.0 cm³/mol. The smallest absolute Gasteiger partial charge is 0.256 e. The number of benzene rings is 1. The van der Waals surface area contributed by atoms with Crippen LogP contribution in [0, 0.1) is 0 Å². The molecule has 2 aromatic heterocycles. The largest absolute Gasteiger partial charge is 0.360 e. The van der Waals surface area contributed by atoms with Crippen LogP contribution in [-0.2, 0) is 6.54 Å². The first-order valence-electron chi connectivity index (χ1n) is 6.58. The molecular formula is C16H14BrN3O. The number of aromatic nitrogens is 2. The summed E-state index contributed by atoms with van der Waals surface area (Å²) in [6.45, 7) is 0.483. The number of carbonyl (C=O) groups is 1. The predicted octanol–water partition coefficient (Wildman–Crippen LogP) is 3.60. The number of nitrogens with one attached hydrogen (secondary N) is 1. The van der Waals surface area contributed by atoms with Crippen molar-refractivity contribution in [3.05, 3.63) is 64.5 Å². The van der Waals surface area contributed by atoms with Gasteiger partial charge in [0.05, 0.1) is 17.8 Å². The molecule has 0 aliphatic rings. The summed E-state index contributed by atoms with van der Waals surface area (Å²) in [5.41, 5.74) is 2.47. The average Bonchev–Trinajstić information content (AvgIpc) is 2.93. The van der Waals surface area contributed by atoms with E-state index in [1.165, 1.54) is 0 Å². The van der Waals surface area contributed by atoms with Gasteiger partial charge in [0.15, 0.2) is 0 Å². The number of halogens is 1. The normalized spacial score (nSPS) is 10.8. The van der Waals surface area contributed by atoms with Crippen LogP contribution in [0.2, 0.25) is 0 Å². The lowest BCUT2D eigenvalue weighted by Crippen LogP contribution is -2.26. The molecule has 0 atom stereocenters. The zero-order valence-corrected chi connectivity index (χ0v) is 13.1. The van der Waals surface area contributed by atoms with Gasteiger partial charge in [0.1, 0.15) is 0 Å². The molecule has 1 aromatic carbocycles. The molecule has 0 aliphatic heterocycles. The maximum Gasteiger partial charge on any atom is 0.256 e. The average molecular weight is 344 g/mol.